The van der Waals surface area contributed by atoms with Crippen molar-refractivity contribution in [1.29, 1.82) is 0 Å². The molecule has 0 spiro atoms. The molecule has 3 aromatic rings. The summed E-state index contributed by atoms with van der Waals surface area (Å²) in [5.41, 5.74) is 0. The van der Waals surface area contributed by atoms with Crippen LogP contribution in [-0.2, 0) is 6.54 Å². The Morgan fingerprint density at radius 3 is 2.59 bits per heavy atom. The molecule has 0 unspecified atom stereocenters. The van der Waals surface area contributed by atoms with Crippen LogP contribution in [0.3, 0.4) is 0 Å². The summed E-state index contributed by atoms with van der Waals surface area (Å²) in [4.78, 5) is 11.5. The highest BCUT2D eigenvalue weighted by Gasteiger charge is 2.19. The second kappa shape index (κ2) is 8.97. The van der Waals surface area contributed by atoms with E-state index < -0.39 is 0 Å². The molecule has 27 heavy (non-hydrogen) atoms. The van der Waals surface area contributed by atoms with Crippen LogP contribution >= 0.6 is 23.1 Å². The molecule has 1 aliphatic heterocycles. The summed E-state index contributed by atoms with van der Waals surface area (Å²) < 4.78 is 18.3. The summed E-state index contributed by atoms with van der Waals surface area (Å²) in [6.45, 7) is 5.82. The zero-order valence-corrected chi connectivity index (χ0v) is 16.5. The molecule has 142 valence electrons. The molecule has 0 saturated carbocycles. The number of nitrogens with zero attached hydrogens (tertiary/aromatic N) is 4. The van der Waals surface area contributed by atoms with E-state index in [-0.39, 0.29) is 5.82 Å². The van der Waals surface area contributed by atoms with E-state index in [4.69, 9.17) is 4.52 Å². The third-order valence-corrected chi connectivity index (χ3v) is 6.38. The van der Waals surface area contributed by atoms with E-state index in [1.54, 1.807) is 23.1 Å². The summed E-state index contributed by atoms with van der Waals surface area (Å²) >= 11 is 3.39. The van der Waals surface area contributed by atoms with Crippen molar-refractivity contribution in [2.75, 3.05) is 38.5 Å². The van der Waals surface area contributed by atoms with Crippen LogP contribution in [0.1, 0.15) is 5.89 Å². The van der Waals surface area contributed by atoms with Crippen molar-refractivity contribution in [1.82, 2.24) is 19.9 Å². The highest BCUT2D eigenvalue weighted by Crippen LogP contribution is 2.22. The number of rotatable bonds is 7. The van der Waals surface area contributed by atoms with Gasteiger partial charge in [0.2, 0.25) is 11.7 Å². The van der Waals surface area contributed by atoms with Crippen LogP contribution in [0.5, 0.6) is 0 Å². The highest BCUT2D eigenvalue weighted by molar-refractivity contribution is 7.99. The van der Waals surface area contributed by atoms with Gasteiger partial charge in [-0.05, 0) is 35.7 Å². The quantitative estimate of drug-likeness (QED) is 0.558. The molecule has 0 aliphatic carbocycles. The fraction of sp³-hybridized carbons (Fsp3) is 0.368. The number of aromatic nitrogens is 2. The number of hydrogen-bond donors (Lipinski definition) is 0. The van der Waals surface area contributed by atoms with E-state index in [1.165, 1.54) is 12.1 Å². The number of halogens is 1. The number of piperazine rings is 1. The van der Waals surface area contributed by atoms with Gasteiger partial charge in [-0.15, -0.1) is 23.1 Å². The monoisotopic (exact) mass is 404 g/mol. The molecule has 5 nitrogen and oxygen atoms in total. The maximum atomic E-state index is 12.9. The molecule has 1 saturated heterocycles. The Hall–Kier alpha value is -1.74. The van der Waals surface area contributed by atoms with Gasteiger partial charge in [0.15, 0.2) is 0 Å². The minimum Gasteiger partial charge on any atom is -0.338 e. The Bertz CT molecular complexity index is 830. The van der Waals surface area contributed by atoms with Crippen molar-refractivity contribution in [2.45, 2.75) is 11.4 Å². The lowest BCUT2D eigenvalue weighted by Gasteiger charge is -2.33. The maximum absolute atomic E-state index is 12.9. The number of benzene rings is 1. The second-order valence-corrected chi connectivity index (χ2v) is 8.53. The Labute approximate surface area is 166 Å². The van der Waals surface area contributed by atoms with Crippen molar-refractivity contribution < 1.29 is 8.91 Å². The highest BCUT2D eigenvalue weighted by atomic mass is 32.2. The Morgan fingerprint density at radius 1 is 1.07 bits per heavy atom. The van der Waals surface area contributed by atoms with Gasteiger partial charge in [-0.3, -0.25) is 9.80 Å². The summed E-state index contributed by atoms with van der Waals surface area (Å²) in [6, 6.07) is 10.7. The zero-order valence-electron chi connectivity index (χ0n) is 14.9. The van der Waals surface area contributed by atoms with Crippen molar-refractivity contribution in [3.05, 3.63) is 53.5 Å². The largest absolute Gasteiger partial charge is 0.338 e. The molecule has 0 amide bonds. The van der Waals surface area contributed by atoms with E-state index in [1.807, 2.05) is 29.6 Å². The summed E-state index contributed by atoms with van der Waals surface area (Å²) in [6.07, 6.45) is 0. The molecule has 0 bridgehead atoms. The zero-order chi connectivity index (χ0) is 18.5. The molecule has 8 heteroatoms. The van der Waals surface area contributed by atoms with Crippen LogP contribution in [0.2, 0.25) is 0 Å². The van der Waals surface area contributed by atoms with Gasteiger partial charge < -0.3 is 4.52 Å². The Balaban J connectivity index is 1.18. The summed E-state index contributed by atoms with van der Waals surface area (Å²) in [7, 11) is 0. The first-order chi connectivity index (χ1) is 13.3. The predicted octanol–water partition coefficient (Wildman–Crippen LogP) is 3.85. The topological polar surface area (TPSA) is 45.4 Å². The number of thioether (sulfide) groups is 1. The molecule has 0 N–H and O–H groups in total. The molecule has 4 rings (SSSR count). The van der Waals surface area contributed by atoms with Crippen LogP contribution in [0.25, 0.3) is 10.7 Å². The SMILES string of the molecule is Fc1ccc(SCCN2CCN(Cc3nc(-c4cccs4)no3)CC2)cc1. The number of thiophene rings is 1. The summed E-state index contributed by atoms with van der Waals surface area (Å²) in [5, 5.41) is 6.09. The van der Waals surface area contributed by atoms with E-state index in [2.05, 4.69) is 19.9 Å². The maximum Gasteiger partial charge on any atom is 0.241 e. The van der Waals surface area contributed by atoms with Gasteiger partial charge in [0.05, 0.1) is 11.4 Å². The third-order valence-electron chi connectivity index (χ3n) is 4.52. The average molecular weight is 405 g/mol. The van der Waals surface area contributed by atoms with Gasteiger partial charge in [0.25, 0.3) is 0 Å². The van der Waals surface area contributed by atoms with E-state index in [0.29, 0.717) is 18.3 Å². The Morgan fingerprint density at radius 2 is 1.85 bits per heavy atom. The van der Waals surface area contributed by atoms with Crippen LogP contribution in [0.4, 0.5) is 4.39 Å². The molecule has 1 fully saturated rings. The first-order valence-electron chi connectivity index (χ1n) is 8.96. The molecule has 1 aromatic carbocycles. The van der Waals surface area contributed by atoms with Gasteiger partial charge in [0, 0.05) is 43.4 Å². The number of hydrogen-bond acceptors (Lipinski definition) is 7. The van der Waals surface area contributed by atoms with E-state index in [9.17, 15) is 4.39 Å². The van der Waals surface area contributed by atoms with E-state index >= 15 is 0 Å². The predicted molar refractivity (Wildman–Crippen MR) is 106 cm³/mol. The van der Waals surface area contributed by atoms with Gasteiger partial charge >= 0.3 is 0 Å². The van der Waals surface area contributed by atoms with E-state index in [0.717, 1.165) is 48.2 Å². The van der Waals surface area contributed by atoms with Crippen molar-refractivity contribution in [3.8, 4) is 10.7 Å². The van der Waals surface area contributed by atoms with Crippen LogP contribution in [0, 0.1) is 5.82 Å². The molecule has 0 atom stereocenters. The molecular weight excluding hydrogens is 383 g/mol. The standard InChI is InChI=1S/C19H21FN4OS2/c20-15-3-5-16(6-4-15)26-13-11-23-7-9-24(10-8-23)14-18-21-19(22-25-18)17-2-1-12-27-17/h1-6,12H,7-11,13-14H2. The molecule has 1 aliphatic rings. The van der Waals surface area contributed by atoms with Gasteiger partial charge in [-0.25, -0.2) is 4.39 Å². The average Bonchev–Trinajstić information content (AvgIpc) is 3.36. The lowest BCUT2D eigenvalue weighted by molar-refractivity contribution is 0.121. The van der Waals surface area contributed by atoms with Crippen molar-refractivity contribution in [2.24, 2.45) is 0 Å². The minimum atomic E-state index is -0.181. The molecular formula is C19H21FN4OS2. The second-order valence-electron chi connectivity index (χ2n) is 6.41. The fourth-order valence-electron chi connectivity index (χ4n) is 3.01. The lowest BCUT2D eigenvalue weighted by Crippen LogP contribution is -2.46. The van der Waals surface area contributed by atoms with Crippen LogP contribution in [-0.4, -0.2) is 58.4 Å². The first-order valence-corrected chi connectivity index (χ1v) is 10.8. The van der Waals surface area contributed by atoms with Gasteiger partial charge in [-0.2, -0.15) is 4.98 Å². The molecule has 3 heterocycles. The molecule has 0 radical (unpaired) electrons. The smallest absolute Gasteiger partial charge is 0.241 e. The Kier molecular flexibility index (Phi) is 6.18. The van der Waals surface area contributed by atoms with Gasteiger partial charge in [-0.1, -0.05) is 11.2 Å². The van der Waals surface area contributed by atoms with Crippen molar-refractivity contribution >= 4 is 23.1 Å². The fourth-order valence-corrected chi connectivity index (χ4v) is 4.57. The van der Waals surface area contributed by atoms with Crippen LogP contribution < -0.4 is 0 Å². The molecule has 2 aromatic heterocycles. The third kappa shape index (κ3) is 5.16. The lowest BCUT2D eigenvalue weighted by atomic mass is 10.3. The van der Waals surface area contributed by atoms with Crippen LogP contribution in [0.15, 0.2) is 51.2 Å². The minimum absolute atomic E-state index is 0.181. The van der Waals surface area contributed by atoms with Crippen molar-refractivity contribution in [3.63, 3.8) is 0 Å². The first kappa shape index (κ1) is 18.6. The summed E-state index contributed by atoms with van der Waals surface area (Å²) in [5.74, 6) is 2.19. The van der Waals surface area contributed by atoms with Gasteiger partial charge in [0.1, 0.15) is 5.82 Å². The normalized spacial score (nSPS) is 16.0.